The molecule has 3 nitrogen and oxygen atoms in total. The molecule has 0 amide bonds. The highest BCUT2D eigenvalue weighted by atomic mass is 32.1. The predicted octanol–water partition coefficient (Wildman–Crippen LogP) is 2.26. The Morgan fingerprint density at radius 2 is 2.11 bits per heavy atom. The molecule has 2 N–H and O–H groups in total. The van der Waals surface area contributed by atoms with E-state index in [-0.39, 0.29) is 0 Å². The monoisotopic (exact) mass is 278 g/mol. The van der Waals surface area contributed by atoms with Gasteiger partial charge < -0.3 is 15.4 Å². The Kier molecular flexibility index (Phi) is 6.11. The number of hydrogen-bond donors (Lipinski definition) is 2. The minimum atomic E-state index is 0.337. The van der Waals surface area contributed by atoms with Gasteiger partial charge >= 0.3 is 0 Å². The molecule has 1 aliphatic rings. The van der Waals surface area contributed by atoms with Gasteiger partial charge in [-0.15, -0.1) is 0 Å². The largest absolute Gasteiger partial charge is 0.376 e. The third-order valence-electron chi connectivity index (χ3n) is 3.28. The van der Waals surface area contributed by atoms with Crippen LogP contribution in [0.1, 0.15) is 24.8 Å². The van der Waals surface area contributed by atoms with Crippen molar-refractivity contribution >= 4 is 17.3 Å². The molecule has 1 unspecified atom stereocenters. The normalized spacial score (nSPS) is 18.2. The Bertz CT molecular complexity index is 377. The Balaban J connectivity index is 1.51. The van der Waals surface area contributed by atoms with E-state index in [0.29, 0.717) is 6.10 Å². The molecule has 0 aliphatic carbocycles. The standard InChI is InChI=1S/C15H22N2OS/c19-15(17-12-14-9-5-11-18-14)16-10-4-8-13-6-2-1-3-7-13/h1-3,6-7,14H,4-5,8-12H2,(H2,16,17,19). The summed E-state index contributed by atoms with van der Waals surface area (Å²) in [5.41, 5.74) is 1.38. The molecule has 0 spiro atoms. The van der Waals surface area contributed by atoms with Crippen LogP contribution >= 0.6 is 12.2 Å². The summed E-state index contributed by atoms with van der Waals surface area (Å²) in [6.07, 6.45) is 4.82. The third-order valence-corrected chi connectivity index (χ3v) is 3.57. The van der Waals surface area contributed by atoms with E-state index in [9.17, 15) is 0 Å². The maximum atomic E-state index is 5.54. The van der Waals surface area contributed by atoms with Gasteiger partial charge in [-0.1, -0.05) is 30.3 Å². The van der Waals surface area contributed by atoms with Crippen LogP contribution in [0.15, 0.2) is 30.3 Å². The van der Waals surface area contributed by atoms with E-state index in [2.05, 4.69) is 34.9 Å². The molecular weight excluding hydrogens is 256 g/mol. The molecule has 0 bridgehead atoms. The van der Waals surface area contributed by atoms with Crippen molar-refractivity contribution in [1.82, 2.24) is 10.6 Å². The maximum Gasteiger partial charge on any atom is 0.166 e. The third kappa shape index (κ3) is 5.57. The van der Waals surface area contributed by atoms with Gasteiger partial charge in [-0.25, -0.2) is 0 Å². The molecule has 0 aromatic heterocycles. The topological polar surface area (TPSA) is 33.3 Å². The maximum absolute atomic E-state index is 5.54. The van der Waals surface area contributed by atoms with Crippen molar-refractivity contribution in [3.05, 3.63) is 35.9 Å². The van der Waals surface area contributed by atoms with Crippen LogP contribution in [0.3, 0.4) is 0 Å². The molecule has 1 aliphatic heterocycles. The van der Waals surface area contributed by atoms with Crippen LogP contribution < -0.4 is 10.6 Å². The number of benzene rings is 1. The predicted molar refractivity (Wildman–Crippen MR) is 82.3 cm³/mol. The van der Waals surface area contributed by atoms with Crippen LogP contribution in [0, 0.1) is 0 Å². The molecule has 0 saturated carbocycles. The highest BCUT2D eigenvalue weighted by molar-refractivity contribution is 7.80. The van der Waals surface area contributed by atoms with Gasteiger partial charge in [0.25, 0.3) is 0 Å². The molecular formula is C15H22N2OS. The molecule has 1 fully saturated rings. The first-order chi connectivity index (χ1) is 9.34. The zero-order valence-electron chi connectivity index (χ0n) is 11.2. The second-order valence-corrected chi connectivity index (χ2v) is 5.27. The average Bonchev–Trinajstić information content (AvgIpc) is 2.96. The highest BCUT2D eigenvalue weighted by Crippen LogP contribution is 2.10. The number of thiocarbonyl (C=S) groups is 1. The van der Waals surface area contributed by atoms with Gasteiger partial charge in [-0.05, 0) is 43.5 Å². The lowest BCUT2D eigenvalue weighted by Gasteiger charge is -2.13. The quantitative estimate of drug-likeness (QED) is 0.618. The second-order valence-electron chi connectivity index (χ2n) is 4.86. The van der Waals surface area contributed by atoms with Gasteiger partial charge in [0, 0.05) is 19.7 Å². The van der Waals surface area contributed by atoms with Crippen molar-refractivity contribution in [3.8, 4) is 0 Å². The molecule has 1 aromatic rings. The lowest BCUT2D eigenvalue weighted by Crippen LogP contribution is -2.39. The van der Waals surface area contributed by atoms with Crippen molar-refractivity contribution in [3.63, 3.8) is 0 Å². The molecule has 1 atom stereocenters. The Hall–Kier alpha value is -1.13. The van der Waals surface area contributed by atoms with Gasteiger partial charge in [-0.3, -0.25) is 0 Å². The Labute approximate surface area is 120 Å². The smallest absolute Gasteiger partial charge is 0.166 e. The van der Waals surface area contributed by atoms with Gasteiger partial charge in [0.2, 0.25) is 0 Å². The van der Waals surface area contributed by atoms with E-state index in [1.165, 1.54) is 12.0 Å². The van der Waals surface area contributed by atoms with Crippen LogP contribution in [0.5, 0.6) is 0 Å². The minimum Gasteiger partial charge on any atom is -0.376 e. The average molecular weight is 278 g/mol. The highest BCUT2D eigenvalue weighted by Gasteiger charge is 2.14. The lowest BCUT2D eigenvalue weighted by molar-refractivity contribution is 0.114. The summed E-state index contributed by atoms with van der Waals surface area (Å²) in [7, 11) is 0. The van der Waals surface area contributed by atoms with Gasteiger partial charge in [0.05, 0.1) is 6.10 Å². The molecule has 0 radical (unpaired) electrons. The molecule has 4 heteroatoms. The molecule has 104 valence electrons. The van der Waals surface area contributed by atoms with Crippen molar-refractivity contribution in [2.45, 2.75) is 31.8 Å². The van der Waals surface area contributed by atoms with E-state index < -0.39 is 0 Å². The lowest BCUT2D eigenvalue weighted by atomic mass is 10.1. The Morgan fingerprint density at radius 1 is 1.26 bits per heavy atom. The number of hydrogen-bond acceptors (Lipinski definition) is 2. The van der Waals surface area contributed by atoms with Gasteiger partial charge in [-0.2, -0.15) is 0 Å². The molecule has 2 rings (SSSR count). The van der Waals surface area contributed by atoms with Crippen LogP contribution in [-0.2, 0) is 11.2 Å². The first-order valence-corrected chi connectivity index (χ1v) is 7.42. The van der Waals surface area contributed by atoms with E-state index in [1.54, 1.807) is 0 Å². The number of nitrogens with one attached hydrogen (secondary N) is 2. The summed E-state index contributed by atoms with van der Waals surface area (Å²) in [5.74, 6) is 0. The SMILES string of the molecule is S=C(NCCCc1ccccc1)NCC1CCCO1. The second kappa shape index (κ2) is 8.12. The first kappa shape index (κ1) is 14.3. The Morgan fingerprint density at radius 3 is 2.84 bits per heavy atom. The summed E-state index contributed by atoms with van der Waals surface area (Å²) in [4.78, 5) is 0. The fraction of sp³-hybridized carbons (Fsp3) is 0.533. The van der Waals surface area contributed by atoms with Crippen LogP contribution in [-0.4, -0.2) is 30.9 Å². The zero-order valence-corrected chi connectivity index (χ0v) is 12.0. The summed E-state index contributed by atoms with van der Waals surface area (Å²) in [6.45, 7) is 2.63. The van der Waals surface area contributed by atoms with Crippen molar-refractivity contribution in [2.24, 2.45) is 0 Å². The fourth-order valence-corrected chi connectivity index (χ4v) is 2.40. The van der Waals surface area contributed by atoms with Gasteiger partial charge in [0.15, 0.2) is 5.11 Å². The van der Waals surface area contributed by atoms with Crippen molar-refractivity contribution < 1.29 is 4.74 Å². The number of ether oxygens (including phenoxy) is 1. The molecule has 1 heterocycles. The summed E-state index contributed by atoms with van der Waals surface area (Å²) < 4.78 is 5.54. The number of rotatable bonds is 6. The fourth-order valence-electron chi connectivity index (χ4n) is 2.21. The van der Waals surface area contributed by atoms with Crippen LogP contribution in [0.4, 0.5) is 0 Å². The number of aryl methyl sites for hydroxylation is 1. The first-order valence-electron chi connectivity index (χ1n) is 7.02. The van der Waals surface area contributed by atoms with Crippen molar-refractivity contribution in [2.75, 3.05) is 19.7 Å². The zero-order chi connectivity index (χ0) is 13.3. The molecule has 1 saturated heterocycles. The van der Waals surface area contributed by atoms with Crippen LogP contribution in [0.2, 0.25) is 0 Å². The summed E-state index contributed by atoms with van der Waals surface area (Å²) in [6, 6.07) is 10.5. The molecule has 19 heavy (non-hydrogen) atoms. The summed E-state index contributed by atoms with van der Waals surface area (Å²) in [5, 5.41) is 7.20. The van der Waals surface area contributed by atoms with E-state index in [0.717, 1.165) is 44.1 Å². The van der Waals surface area contributed by atoms with E-state index in [1.807, 2.05) is 6.07 Å². The minimum absolute atomic E-state index is 0.337. The van der Waals surface area contributed by atoms with E-state index in [4.69, 9.17) is 17.0 Å². The van der Waals surface area contributed by atoms with Crippen LogP contribution in [0.25, 0.3) is 0 Å². The van der Waals surface area contributed by atoms with Gasteiger partial charge in [0.1, 0.15) is 0 Å². The molecule has 1 aromatic carbocycles. The van der Waals surface area contributed by atoms with Crippen molar-refractivity contribution in [1.29, 1.82) is 0 Å². The van der Waals surface area contributed by atoms with E-state index >= 15 is 0 Å². The summed E-state index contributed by atoms with van der Waals surface area (Å²) >= 11 is 5.24.